The van der Waals surface area contributed by atoms with Gasteiger partial charge in [0.05, 0.1) is 5.92 Å². The Balaban J connectivity index is 1.79. The molecule has 2 aliphatic rings. The highest BCUT2D eigenvalue weighted by molar-refractivity contribution is 5.80. The van der Waals surface area contributed by atoms with Crippen molar-refractivity contribution < 1.29 is 9.59 Å². The van der Waals surface area contributed by atoms with E-state index in [0.29, 0.717) is 19.0 Å². The van der Waals surface area contributed by atoms with Crippen LogP contribution in [0.4, 0.5) is 0 Å². The van der Waals surface area contributed by atoms with E-state index in [4.69, 9.17) is 0 Å². The van der Waals surface area contributed by atoms with E-state index in [2.05, 4.69) is 17.6 Å². The summed E-state index contributed by atoms with van der Waals surface area (Å²) in [6, 6.07) is 0.645. The van der Waals surface area contributed by atoms with Gasteiger partial charge in [0.15, 0.2) is 0 Å². The largest absolute Gasteiger partial charge is 0.351 e. The molecule has 0 bridgehead atoms. The van der Waals surface area contributed by atoms with E-state index < -0.39 is 0 Å². The average molecular weight is 253 g/mol. The molecule has 3 atom stereocenters. The van der Waals surface area contributed by atoms with Crippen LogP contribution in [0.1, 0.15) is 32.6 Å². The number of carbonyl (C=O) groups excluding carboxylic acids is 2. The maximum atomic E-state index is 12.1. The zero-order chi connectivity index (χ0) is 13.1. The van der Waals surface area contributed by atoms with Gasteiger partial charge in [0.2, 0.25) is 11.8 Å². The molecule has 18 heavy (non-hydrogen) atoms. The molecule has 2 amide bonds. The zero-order valence-corrected chi connectivity index (χ0v) is 11.2. The Morgan fingerprint density at radius 3 is 2.78 bits per heavy atom. The van der Waals surface area contributed by atoms with Crippen LogP contribution >= 0.6 is 0 Å². The number of piperidine rings is 2. The van der Waals surface area contributed by atoms with E-state index in [9.17, 15) is 9.59 Å². The summed E-state index contributed by atoms with van der Waals surface area (Å²) in [6.45, 7) is 3.56. The van der Waals surface area contributed by atoms with Crippen LogP contribution in [0.15, 0.2) is 0 Å². The van der Waals surface area contributed by atoms with Crippen molar-refractivity contribution in [2.24, 2.45) is 5.92 Å². The molecule has 0 aromatic carbocycles. The van der Waals surface area contributed by atoms with Gasteiger partial charge in [0, 0.05) is 38.6 Å². The summed E-state index contributed by atoms with van der Waals surface area (Å²) in [6.07, 6.45) is 3.33. The van der Waals surface area contributed by atoms with Crippen molar-refractivity contribution in [2.45, 2.75) is 44.7 Å². The van der Waals surface area contributed by atoms with Crippen molar-refractivity contribution in [3.05, 3.63) is 0 Å². The number of rotatable bonds is 2. The maximum absolute atomic E-state index is 12.1. The Labute approximate surface area is 108 Å². The number of hydrogen-bond donors (Lipinski definition) is 2. The van der Waals surface area contributed by atoms with Crippen LogP contribution < -0.4 is 10.6 Å². The molecule has 2 aliphatic heterocycles. The Morgan fingerprint density at radius 2 is 2.17 bits per heavy atom. The van der Waals surface area contributed by atoms with Gasteiger partial charge in [0.25, 0.3) is 0 Å². The molecule has 0 radical (unpaired) electrons. The van der Waals surface area contributed by atoms with Crippen LogP contribution in [0, 0.1) is 5.92 Å². The van der Waals surface area contributed by atoms with E-state index >= 15 is 0 Å². The van der Waals surface area contributed by atoms with Crippen molar-refractivity contribution in [1.82, 2.24) is 15.5 Å². The SMILES string of the molecule is CC1CCC(C(=O)NC2CCC(=O)N(C)C2)CN1. The fourth-order valence-electron chi connectivity index (χ4n) is 2.67. The van der Waals surface area contributed by atoms with Crippen molar-refractivity contribution in [2.75, 3.05) is 20.1 Å². The molecule has 2 N–H and O–H groups in total. The van der Waals surface area contributed by atoms with Gasteiger partial charge in [0.1, 0.15) is 0 Å². The number of amides is 2. The predicted octanol–water partition coefficient (Wildman–Crippen LogP) is 0.112. The quantitative estimate of drug-likeness (QED) is 0.734. The van der Waals surface area contributed by atoms with Crippen LogP contribution in [0.25, 0.3) is 0 Å². The third-order valence-electron chi connectivity index (χ3n) is 4.00. The molecule has 2 fully saturated rings. The summed E-state index contributed by atoms with van der Waals surface area (Å²) >= 11 is 0. The second-order valence-electron chi connectivity index (χ2n) is 5.60. The molecule has 2 rings (SSSR count). The molecule has 0 saturated carbocycles. The van der Waals surface area contributed by atoms with Gasteiger partial charge in [-0.1, -0.05) is 0 Å². The molecule has 0 aromatic heterocycles. The van der Waals surface area contributed by atoms with E-state index in [-0.39, 0.29) is 23.8 Å². The highest BCUT2D eigenvalue weighted by Crippen LogP contribution is 2.16. The van der Waals surface area contributed by atoms with E-state index in [1.807, 2.05) is 0 Å². The third kappa shape index (κ3) is 3.22. The Morgan fingerprint density at radius 1 is 1.39 bits per heavy atom. The first-order valence-electron chi connectivity index (χ1n) is 6.84. The molecule has 0 aromatic rings. The molecule has 2 heterocycles. The molecular weight excluding hydrogens is 230 g/mol. The minimum Gasteiger partial charge on any atom is -0.351 e. The van der Waals surface area contributed by atoms with Gasteiger partial charge in [-0.25, -0.2) is 0 Å². The first-order valence-corrected chi connectivity index (χ1v) is 6.84. The molecule has 0 spiro atoms. The predicted molar refractivity (Wildman–Crippen MR) is 69.0 cm³/mol. The van der Waals surface area contributed by atoms with E-state index in [1.54, 1.807) is 11.9 Å². The molecule has 0 aliphatic carbocycles. The van der Waals surface area contributed by atoms with Crippen molar-refractivity contribution >= 4 is 11.8 Å². The summed E-state index contributed by atoms with van der Waals surface area (Å²) in [5.41, 5.74) is 0. The molecule has 5 nitrogen and oxygen atoms in total. The minimum atomic E-state index is 0.0872. The molecule has 5 heteroatoms. The van der Waals surface area contributed by atoms with Crippen molar-refractivity contribution in [3.8, 4) is 0 Å². The average Bonchev–Trinajstić information content (AvgIpc) is 2.34. The van der Waals surface area contributed by atoms with Gasteiger partial charge in [-0.05, 0) is 26.2 Å². The van der Waals surface area contributed by atoms with Crippen LogP contribution in [0.3, 0.4) is 0 Å². The topological polar surface area (TPSA) is 61.4 Å². The molecular formula is C13H23N3O2. The lowest BCUT2D eigenvalue weighted by molar-refractivity contribution is -0.134. The first kappa shape index (κ1) is 13.3. The molecule has 2 saturated heterocycles. The number of hydrogen-bond acceptors (Lipinski definition) is 3. The van der Waals surface area contributed by atoms with Crippen LogP contribution in [0.2, 0.25) is 0 Å². The second kappa shape index (κ2) is 5.69. The third-order valence-corrected chi connectivity index (χ3v) is 4.00. The lowest BCUT2D eigenvalue weighted by Gasteiger charge is -2.32. The Kier molecular flexibility index (Phi) is 4.22. The van der Waals surface area contributed by atoms with Crippen molar-refractivity contribution in [3.63, 3.8) is 0 Å². The number of likely N-dealkylation sites (N-methyl/N-ethyl adjacent to an activating group) is 1. The van der Waals surface area contributed by atoms with Gasteiger partial charge >= 0.3 is 0 Å². The number of likely N-dealkylation sites (tertiary alicyclic amines) is 1. The maximum Gasteiger partial charge on any atom is 0.224 e. The number of nitrogens with one attached hydrogen (secondary N) is 2. The van der Waals surface area contributed by atoms with Crippen LogP contribution in [-0.4, -0.2) is 48.9 Å². The van der Waals surface area contributed by atoms with E-state index in [0.717, 1.165) is 25.8 Å². The van der Waals surface area contributed by atoms with Crippen LogP contribution in [0.5, 0.6) is 0 Å². The van der Waals surface area contributed by atoms with Gasteiger partial charge in [-0.15, -0.1) is 0 Å². The fraction of sp³-hybridized carbons (Fsp3) is 0.846. The summed E-state index contributed by atoms with van der Waals surface area (Å²) in [5, 5.41) is 6.42. The number of nitrogens with zero attached hydrogens (tertiary/aromatic N) is 1. The highest BCUT2D eigenvalue weighted by Gasteiger charge is 2.28. The smallest absolute Gasteiger partial charge is 0.224 e. The van der Waals surface area contributed by atoms with Gasteiger partial charge in [-0.3, -0.25) is 9.59 Å². The van der Waals surface area contributed by atoms with E-state index in [1.165, 1.54) is 0 Å². The normalized spacial score (nSPS) is 33.3. The Bertz CT molecular complexity index is 324. The number of carbonyl (C=O) groups is 2. The lowest BCUT2D eigenvalue weighted by atomic mass is 9.94. The van der Waals surface area contributed by atoms with Crippen molar-refractivity contribution in [1.29, 1.82) is 0 Å². The monoisotopic (exact) mass is 253 g/mol. The van der Waals surface area contributed by atoms with Crippen LogP contribution in [-0.2, 0) is 9.59 Å². The summed E-state index contributed by atoms with van der Waals surface area (Å²) in [4.78, 5) is 25.2. The summed E-state index contributed by atoms with van der Waals surface area (Å²) < 4.78 is 0. The minimum absolute atomic E-state index is 0.0872. The lowest BCUT2D eigenvalue weighted by Crippen LogP contribution is -2.52. The molecule has 102 valence electrons. The summed E-state index contributed by atoms with van der Waals surface area (Å²) in [5.74, 6) is 0.403. The highest BCUT2D eigenvalue weighted by atomic mass is 16.2. The zero-order valence-electron chi connectivity index (χ0n) is 11.2. The van der Waals surface area contributed by atoms with Gasteiger partial charge in [-0.2, -0.15) is 0 Å². The Hall–Kier alpha value is -1.10. The fourth-order valence-corrected chi connectivity index (χ4v) is 2.67. The second-order valence-corrected chi connectivity index (χ2v) is 5.60. The molecule has 3 unspecified atom stereocenters. The first-order chi connectivity index (χ1) is 8.56. The summed E-state index contributed by atoms with van der Waals surface area (Å²) in [7, 11) is 1.80. The van der Waals surface area contributed by atoms with Gasteiger partial charge < -0.3 is 15.5 Å². The standard InChI is InChI=1S/C13H23N3O2/c1-9-3-4-10(7-14-9)13(18)15-11-5-6-12(17)16(2)8-11/h9-11,14H,3-8H2,1-2H3,(H,15,18).